The fourth-order valence-corrected chi connectivity index (χ4v) is 4.01. The molecule has 1 amide bonds. The second-order valence-electron chi connectivity index (χ2n) is 6.40. The van der Waals surface area contributed by atoms with Crippen LogP contribution in [0.2, 0.25) is 15.1 Å². The first kappa shape index (κ1) is 23.9. The van der Waals surface area contributed by atoms with E-state index < -0.39 is 11.9 Å². The number of ether oxygens (including phenoxy) is 2. The highest BCUT2D eigenvalue weighted by Gasteiger charge is 2.40. The van der Waals surface area contributed by atoms with Gasteiger partial charge in [-0.2, -0.15) is 0 Å². The van der Waals surface area contributed by atoms with E-state index in [1.54, 1.807) is 36.4 Å². The van der Waals surface area contributed by atoms with Crippen molar-refractivity contribution in [1.29, 1.82) is 0 Å². The summed E-state index contributed by atoms with van der Waals surface area (Å²) < 4.78 is 10.1. The molecule has 0 N–H and O–H groups in total. The zero-order valence-corrected chi connectivity index (χ0v) is 19.7. The molecule has 1 aliphatic heterocycles. The number of halogens is 3. The zero-order valence-electron chi connectivity index (χ0n) is 16.6. The average molecular weight is 510 g/mol. The quantitative estimate of drug-likeness (QED) is 0.241. The van der Waals surface area contributed by atoms with Crippen LogP contribution in [0.5, 0.6) is 5.75 Å². The van der Waals surface area contributed by atoms with Crippen LogP contribution < -0.4 is 9.64 Å². The molecule has 0 saturated carbocycles. The Hall–Kier alpha value is -2.76. The van der Waals surface area contributed by atoms with Gasteiger partial charge < -0.3 is 14.4 Å². The van der Waals surface area contributed by atoms with E-state index in [1.165, 1.54) is 23.0 Å². The molecule has 2 aromatic rings. The van der Waals surface area contributed by atoms with Crippen molar-refractivity contribution in [2.24, 2.45) is 0 Å². The number of terminal acetylenes is 1. The van der Waals surface area contributed by atoms with Gasteiger partial charge in [-0.3, -0.25) is 14.5 Å². The highest BCUT2D eigenvalue weighted by atomic mass is 35.5. The average Bonchev–Trinajstić information content (AvgIpc) is 2.98. The Morgan fingerprint density at radius 3 is 2.38 bits per heavy atom. The van der Waals surface area contributed by atoms with Crippen molar-refractivity contribution in [2.45, 2.75) is 0 Å². The van der Waals surface area contributed by atoms with Crippen LogP contribution in [0.3, 0.4) is 0 Å². The number of carbonyl (C=O) groups excluding carboxylic acids is 2. The van der Waals surface area contributed by atoms with Crippen molar-refractivity contribution >= 4 is 75.8 Å². The first-order valence-electron chi connectivity index (χ1n) is 9.02. The van der Waals surface area contributed by atoms with Crippen LogP contribution >= 0.6 is 47.0 Å². The summed E-state index contributed by atoms with van der Waals surface area (Å²) in [5.74, 6) is 1.55. The van der Waals surface area contributed by atoms with Crippen LogP contribution in [-0.2, 0) is 14.3 Å². The molecule has 2 aromatic carbocycles. The predicted molar refractivity (Wildman–Crippen MR) is 129 cm³/mol. The van der Waals surface area contributed by atoms with E-state index in [1.807, 2.05) is 0 Å². The number of hydrogen-bond donors (Lipinski definition) is 0. The summed E-state index contributed by atoms with van der Waals surface area (Å²) >= 11 is 24.0. The molecule has 1 saturated heterocycles. The Labute approximate surface area is 205 Å². The van der Waals surface area contributed by atoms with Crippen LogP contribution in [0, 0.1) is 12.3 Å². The number of nitrogens with zero attached hydrogens (tertiary/aromatic N) is 2. The van der Waals surface area contributed by atoms with Crippen LogP contribution in [0.15, 0.2) is 42.1 Å². The molecule has 3 rings (SSSR count). The maximum absolute atomic E-state index is 13.3. The Balaban J connectivity index is 2.05. The van der Waals surface area contributed by atoms with E-state index in [2.05, 4.69) is 5.92 Å². The fraction of sp³-hybridized carbons (Fsp3) is 0.136. The number of carbonyl (C=O) groups is 2. The van der Waals surface area contributed by atoms with Crippen molar-refractivity contribution in [1.82, 2.24) is 4.90 Å². The lowest BCUT2D eigenvalue weighted by atomic mass is 10.1. The normalized spacial score (nSPS) is 14.7. The summed E-state index contributed by atoms with van der Waals surface area (Å²) in [5.41, 5.74) is 1.13. The van der Waals surface area contributed by atoms with Crippen molar-refractivity contribution in [3.63, 3.8) is 0 Å². The lowest BCUT2D eigenvalue weighted by Gasteiger charge is -2.19. The van der Waals surface area contributed by atoms with Gasteiger partial charge in [-0.05, 0) is 60.3 Å². The first-order valence-corrected chi connectivity index (χ1v) is 10.6. The van der Waals surface area contributed by atoms with Gasteiger partial charge in [-0.15, -0.1) is 6.42 Å². The van der Waals surface area contributed by atoms with E-state index in [9.17, 15) is 9.59 Å². The fourth-order valence-electron chi connectivity index (χ4n) is 2.92. The highest BCUT2D eigenvalue weighted by molar-refractivity contribution is 7.80. The van der Waals surface area contributed by atoms with Gasteiger partial charge in [0.15, 0.2) is 10.9 Å². The van der Waals surface area contributed by atoms with Crippen LogP contribution in [0.4, 0.5) is 5.69 Å². The van der Waals surface area contributed by atoms with Gasteiger partial charge in [-0.1, -0.05) is 40.7 Å². The molecule has 0 bridgehead atoms. The van der Waals surface area contributed by atoms with Gasteiger partial charge in [0.05, 0.1) is 22.8 Å². The molecule has 0 radical (unpaired) electrons. The van der Waals surface area contributed by atoms with Gasteiger partial charge in [-0.25, -0.2) is 0 Å². The first-order chi connectivity index (χ1) is 15.3. The number of methoxy groups -OCH3 is 1. The smallest absolute Gasteiger partial charge is 0.325 e. The maximum Gasteiger partial charge on any atom is 0.325 e. The molecule has 0 aromatic heterocycles. The van der Waals surface area contributed by atoms with Crippen molar-refractivity contribution in [2.75, 3.05) is 25.2 Å². The summed E-state index contributed by atoms with van der Waals surface area (Å²) in [6.07, 6.45) is 6.73. The van der Waals surface area contributed by atoms with Crippen LogP contribution in [0.25, 0.3) is 6.08 Å². The third-order valence-electron chi connectivity index (χ3n) is 4.36. The van der Waals surface area contributed by atoms with Crippen molar-refractivity contribution in [3.8, 4) is 18.1 Å². The van der Waals surface area contributed by atoms with E-state index in [0.717, 1.165) is 0 Å². The molecule has 10 heteroatoms. The van der Waals surface area contributed by atoms with Gasteiger partial charge in [0, 0.05) is 5.02 Å². The van der Waals surface area contributed by atoms with Gasteiger partial charge in [0.25, 0.3) is 5.91 Å². The van der Waals surface area contributed by atoms with Crippen LogP contribution in [0.1, 0.15) is 5.56 Å². The summed E-state index contributed by atoms with van der Waals surface area (Å²) in [5, 5.41) is 1.04. The topological polar surface area (TPSA) is 59.1 Å². The molecule has 1 fully saturated rings. The zero-order chi connectivity index (χ0) is 23.4. The molecule has 32 heavy (non-hydrogen) atoms. The minimum atomic E-state index is -0.571. The summed E-state index contributed by atoms with van der Waals surface area (Å²) in [6, 6.07) is 9.68. The molecule has 164 valence electrons. The monoisotopic (exact) mass is 508 g/mol. The maximum atomic E-state index is 13.3. The Morgan fingerprint density at radius 1 is 1.19 bits per heavy atom. The standard InChI is InChI=1S/C22H15Cl3N2O4S/c1-3-8-31-20-16(24)9-13(10-17(20)25)11-18-21(29)27(15-6-4-14(23)5-7-15)22(32)26(18)12-19(28)30-2/h1,4-7,9-11H,8,12H2,2H3/b18-11-. The Morgan fingerprint density at radius 2 is 1.81 bits per heavy atom. The molecule has 1 heterocycles. The molecule has 6 nitrogen and oxygen atoms in total. The molecule has 0 aliphatic carbocycles. The van der Waals surface area contributed by atoms with Gasteiger partial charge in [0.2, 0.25) is 0 Å². The number of hydrogen-bond acceptors (Lipinski definition) is 5. The minimum absolute atomic E-state index is 0.00437. The largest absolute Gasteiger partial charge is 0.478 e. The molecule has 0 atom stereocenters. The second-order valence-corrected chi connectivity index (χ2v) is 8.01. The second kappa shape index (κ2) is 10.2. The molecular weight excluding hydrogens is 495 g/mol. The van der Waals surface area contributed by atoms with Crippen molar-refractivity contribution in [3.05, 3.63) is 62.7 Å². The molecule has 1 aliphatic rings. The van der Waals surface area contributed by atoms with E-state index >= 15 is 0 Å². The molecule has 0 unspecified atom stereocenters. The number of anilines is 1. The number of thiocarbonyl (C=S) groups is 1. The van der Waals surface area contributed by atoms with E-state index in [4.69, 9.17) is 62.9 Å². The number of benzene rings is 2. The Bertz CT molecular complexity index is 1140. The molecule has 0 spiro atoms. The third-order valence-corrected chi connectivity index (χ3v) is 5.58. The SMILES string of the molecule is C#CCOc1c(Cl)cc(/C=C2/C(=O)N(c3ccc(Cl)cc3)C(=S)N2CC(=O)OC)cc1Cl. The summed E-state index contributed by atoms with van der Waals surface area (Å²) in [6.45, 7) is -0.266. The lowest BCUT2D eigenvalue weighted by molar-refractivity contribution is -0.140. The highest BCUT2D eigenvalue weighted by Crippen LogP contribution is 2.36. The summed E-state index contributed by atoms with van der Waals surface area (Å²) in [4.78, 5) is 28.0. The lowest BCUT2D eigenvalue weighted by Crippen LogP contribution is -2.35. The van der Waals surface area contributed by atoms with E-state index in [-0.39, 0.29) is 39.8 Å². The number of esters is 1. The predicted octanol–water partition coefficient (Wildman–Crippen LogP) is 4.81. The minimum Gasteiger partial charge on any atom is -0.478 e. The number of amides is 1. The van der Waals surface area contributed by atoms with Gasteiger partial charge >= 0.3 is 5.97 Å². The van der Waals surface area contributed by atoms with E-state index in [0.29, 0.717) is 16.3 Å². The van der Waals surface area contributed by atoms with Crippen molar-refractivity contribution < 1.29 is 19.1 Å². The third kappa shape index (κ3) is 5.00. The van der Waals surface area contributed by atoms with Gasteiger partial charge in [0.1, 0.15) is 18.8 Å². The molecular formula is C22H15Cl3N2O4S. The number of rotatable bonds is 6. The van der Waals surface area contributed by atoms with Crippen LogP contribution in [-0.4, -0.2) is 42.2 Å². The Kier molecular flexibility index (Phi) is 7.64. The summed E-state index contributed by atoms with van der Waals surface area (Å²) in [7, 11) is 1.25.